The van der Waals surface area contributed by atoms with Gasteiger partial charge in [-0.25, -0.2) is 4.79 Å². The molecule has 34 heavy (non-hydrogen) atoms. The molecule has 1 aromatic carbocycles. The Morgan fingerprint density at radius 3 is 1.53 bits per heavy atom. The molecule has 2 spiro atoms. The molecule has 0 aromatic heterocycles. The Morgan fingerprint density at radius 1 is 0.706 bits per heavy atom. The van der Waals surface area contributed by atoms with Crippen LogP contribution in [0, 0.1) is 0 Å². The Labute approximate surface area is 226 Å². The van der Waals surface area contributed by atoms with Crippen molar-refractivity contribution >= 4 is 5.97 Å². The van der Waals surface area contributed by atoms with E-state index in [9.17, 15) is 4.79 Å². The van der Waals surface area contributed by atoms with Gasteiger partial charge < -0.3 is 47.7 Å². The van der Waals surface area contributed by atoms with Crippen LogP contribution in [-0.4, -0.2) is 122 Å². The van der Waals surface area contributed by atoms with E-state index in [1.54, 1.807) is 0 Å². The average Bonchev–Trinajstić information content (AvgIpc) is 3.48. The highest BCUT2D eigenvalue weighted by atomic mass is 79.9. The molecule has 5 rings (SSSR count). The summed E-state index contributed by atoms with van der Waals surface area (Å²) < 4.78 is 8.80. The zero-order chi connectivity index (χ0) is 21.9. The minimum atomic E-state index is -0.171. The normalized spacial score (nSPS) is 24.1. The number of quaternary nitrogens is 2. The van der Waals surface area contributed by atoms with E-state index < -0.39 is 0 Å². The first-order chi connectivity index (χ1) is 15.6. The second-order valence-corrected chi connectivity index (χ2v) is 10.9. The van der Waals surface area contributed by atoms with E-state index in [2.05, 4.69) is 9.80 Å². The number of nitrogens with zero attached hydrogens (tertiary/aromatic N) is 4. The van der Waals surface area contributed by atoms with Crippen molar-refractivity contribution in [3.8, 4) is 0 Å². The van der Waals surface area contributed by atoms with Gasteiger partial charge in [0, 0.05) is 65.0 Å². The summed E-state index contributed by atoms with van der Waals surface area (Å²) in [5.74, 6) is -0.171. The smallest absolute Gasteiger partial charge is 0.338 e. The van der Waals surface area contributed by atoms with Crippen molar-refractivity contribution in [2.45, 2.75) is 31.8 Å². The van der Waals surface area contributed by atoms with E-state index >= 15 is 0 Å². The number of hydrogen-bond donors (Lipinski definition) is 0. The van der Waals surface area contributed by atoms with Gasteiger partial charge in [0.15, 0.2) is 0 Å². The van der Waals surface area contributed by atoms with Gasteiger partial charge in [0.25, 0.3) is 0 Å². The molecule has 4 saturated heterocycles. The fraction of sp³-hybridized carbons (Fsp3) is 0.731. The number of hydrogen-bond acceptors (Lipinski definition) is 4. The van der Waals surface area contributed by atoms with Gasteiger partial charge in [-0.2, -0.15) is 0 Å². The lowest BCUT2D eigenvalue weighted by molar-refractivity contribution is -0.920. The summed E-state index contributed by atoms with van der Waals surface area (Å²) in [5, 5.41) is 0. The van der Waals surface area contributed by atoms with Crippen LogP contribution in [0.3, 0.4) is 0 Å². The van der Waals surface area contributed by atoms with Crippen molar-refractivity contribution in [2.75, 3.05) is 91.6 Å². The van der Waals surface area contributed by atoms with Crippen LogP contribution >= 0.6 is 0 Å². The third kappa shape index (κ3) is 6.83. The molecule has 0 N–H and O–H groups in total. The largest absolute Gasteiger partial charge is 1.00 e. The van der Waals surface area contributed by atoms with Crippen molar-refractivity contribution in [3.05, 3.63) is 35.9 Å². The topological polar surface area (TPSA) is 32.8 Å². The molecule has 0 unspecified atom stereocenters. The van der Waals surface area contributed by atoms with Crippen molar-refractivity contribution < 1.29 is 52.5 Å². The molecule has 0 aliphatic carbocycles. The highest BCUT2D eigenvalue weighted by molar-refractivity contribution is 5.89. The van der Waals surface area contributed by atoms with Crippen LogP contribution in [-0.2, 0) is 4.74 Å². The lowest BCUT2D eigenvalue weighted by Crippen LogP contribution is -3.00. The second kappa shape index (κ2) is 12.6. The van der Waals surface area contributed by atoms with E-state index in [1.807, 2.05) is 30.3 Å². The molecule has 4 heterocycles. The number of piperazine rings is 2. The molecule has 4 aliphatic rings. The van der Waals surface area contributed by atoms with E-state index in [-0.39, 0.29) is 46.0 Å². The summed E-state index contributed by atoms with van der Waals surface area (Å²) in [5.41, 5.74) is 0.665. The summed E-state index contributed by atoms with van der Waals surface area (Å²) >= 11 is 0. The first-order valence-corrected chi connectivity index (χ1v) is 13.0. The fourth-order valence-corrected chi connectivity index (χ4v) is 6.64. The minimum Gasteiger partial charge on any atom is -1.00 e. The van der Waals surface area contributed by atoms with Crippen molar-refractivity contribution in [2.24, 2.45) is 0 Å². The highest BCUT2D eigenvalue weighted by Gasteiger charge is 2.38. The molecule has 192 valence electrons. The maximum absolute atomic E-state index is 12.9. The molecular formula is C26H42Br2N4O2. The lowest BCUT2D eigenvalue weighted by Gasteiger charge is -2.44. The molecule has 0 saturated carbocycles. The first-order valence-electron chi connectivity index (χ1n) is 13.0. The van der Waals surface area contributed by atoms with Gasteiger partial charge in [-0.05, 0) is 12.1 Å². The standard InChI is InChI=1S/C26H42N4O2.2BrH/c31-26(24-8-2-1-3-9-24)32-25(22-27-10-18-29(19-11-27)14-4-5-15-29)23-28-12-20-30(21-13-28)16-6-7-17-30;;/h1-3,8-9,25H,4-7,10-23H2;2*1H/q+2;;/p-2. The van der Waals surface area contributed by atoms with Gasteiger partial charge in [0.05, 0.1) is 57.9 Å². The quantitative estimate of drug-likeness (QED) is 0.246. The third-order valence-electron chi connectivity index (χ3n) is 8.80. The third-order valence-corrected chi connectivity index (χ3v) is 8.80. The Kier molecular flexibility index (Phi) is 10.4. The van der Waals surface area contributed by atoms with Crippen LogP contribution in [0.2, 0.25) is 0 Å². The predicted molar refractivity (Wildman–Crippen MR) is 126 cm³/mol. The van der Waals surface area contributed by atoms with Crippen molar-refractivity contribution in [1.29, 1.82) is 0 Å². The molecule has 4 aliphatic heterocycles. The van der Waals surface area contributed by atoms with Gasteiger partial charge >= 0.3 is 5.97 Å². The molecule has 0 amide bonds. The number of rotatable bonds is 6. The summed E-state index contributed by atoms with van der Waals surface area (Å²) in [7, 11) is 0. The minimum absolute atomic E-state index is 0. The van der Waals surface area contributed by atoms with Gasteiger partial charge in [0.2, 0.25) is 0 Å². The van der Waals surface area contributed by atoms with Gasteiger partial charge in [-0.15, -0.1) is 0 Å². The average molecular weight is 602 g/mol. The van der Waals surface area contributed by atoms with E-state index in [0.29, 0.717) is 5.56 Å². The Balaban J connectivity index is 0.00000162. The summed E-state index contributed by atoms with van der Waals surface area (Å²) in [6.07, 6.45) is 5.52. The van der Waals surface area contributed by atoms with Crippen LogP contribution in [0.15, 0.2) is 30.3 Å². The Morgan fingerprint density at radius 2 is 1.12 bits per heavy atom. The summed E-state index contributed by atoms with van der Waals surface area (Å²) in [6.45, 7) is 16.8. The summed E-state index contributed by atoms with van der Waals surface area (Å²) in [6, 6.07) is 9.51. The number of carbonyl (C=O) groups excluding carboxylic acids is 1. The second-order valence-electron chi connectivity index (χ2n) is 10.9. The van der Waals surface area contributed by atoms with Crippen LogP contribution in [0.25, 0.3) is 0 Å². The van der Waals surface area contributed by atoms with Crippen LogP contribution < -0.4 is 34.0 Å². The molecule has 1 aromatic rings. The first kappa shape index (κ1) is 28.1. The zero-order valence-electron chi connectivity index (χ0n) is 20.6. The molecule has 4 fully saturated rings. The number of halogens is 2. The van der Waals surface area contributed by atoms with Gasteiger partial charge in [-0.3, -0.25) is 9.80 Å². The van der Waals surface area contributed by atoms with Crippen molar-refractivity contribution in [1.82, 2.24) is 9.80 Å². The predicted octanol–water partition coefficient (Wildman–Crippen LogP) is -3.93. The van der Waals surface area contributed by atoms with Crippen LogP contribution in [0.4, 0.5) is 0 Å². The number of carbonyl (C=O) groups is 1. The van der Waals surface area contributed by atoms with E-state index in [4.69, 9.17) is 4.74 Å². The SMILES string of the molecule is O=C(OC(CN1CC[N+]2(CCCC2)CC1)CN1CC[N+]2(CCCC2)CC1)c1ccccc1.[Br-].[Br-]. The molecule has 8 heteroatoms. The van der Waals surface area contributed by atoms with Crippen LogP contribution in [0.1, 0.15) is 36.0 Å². The molecule has 0 atom stereocenters. The molecule has 6 nitrogen and oxygen atoms in total. The molecule has 0 bridgehead atoms. The van der Waals surface area contributed by atoms with Gasteiger partial charge in [0.1, 0.15) is 6.10 Å². The van der Waals surface area contributed by atoms with Gasteiger partial charge in [-0.1, -0.05) is 18.2 Å². The Hall–Kier alpha value is -0.510. The maximum atomic E-state index is 12.9. The fourth-order valence-electron chi connectivity index (χ4n) is 6.64. The monoisotopic (exact) mass is 600 g/mol. The number of benzene rings is 1. The molecular weight excluding hydrogens is 560 g/mol. The summed E-state index contributed by atoms with van der Waals surface area (Å²) in [4.78, 5) is 18.0. The van der Waals surface area contributed by atoms with E-state index in [1.165, 1.54) is 87.0 Å². The number of ether oxygens (including phenoxy) is 1. The highest BCUT2D eigenvalue weighted by Crippen LogP contribution is 2.24. The number of esters is 1. The maximum Gasteiger partial charge on any atom is 0.338 e. The van der Waals surface area contributed by atoms with E-state index in [0.717, 1.165) is 39.3 Å². The van der Waals surface area contributed by atoms with Crippen LogP contribution in [0.5, 0.6) is 0 Å². The Bertz CT molecular complexity index is 711. The zero-order valence-corrected chi connectivity index (χ0v) is 23.7. The lowest BCUT2D eigenvalue weighted by atomic mass is 10.2. The van der Waals surface area contributed by atoms with Crippen molar-refractivity contribution in [3.63, 3.8) is 0 Å². The molecule has 0 radical (unpaired) electrons.